The van der Waals surface area contributed by atoms with E-state index >= 15 is 0 Å². The molecule has 0 aromatic heterocycles. The Labute approximate surface area is 119 Å². The van der Waals surface area contributed by atoms with Crippen LogP contribution in [0.25, 0.3) is 0 Å². The summed E-state index contributed by atoms with van der Waals surface area (Å²) in [6.45, 7) is 1.33. The number of ether oxygens (including phenoxy) is 2. The van der Waals surface area contributed by atoms with Crippen LogP contribution in [-0.2, 0) is 14.3 Å². The lowest BCUT2D eigenvalue weighted by atomic mass is 9.97. The number of aliphatic hydroxyl groups is 1. The zero-order valence-corrected chi connectivity index (χ0v) is 12.0. The van der Waals surface area contributed by atoms with Crippen LogP contribution in [-0.4, -0.2) is 44.6 Å². The van der Waals surface area contributed by atoms with Crippen molar-refractivity contribution >= 4 is 5.97 Å². The zero-order chi connectivity index (χ0) is 14.8. The summed E-state index contributed by atoms with van der Waals surface area (Å²) in [6.07, 6.45) is 5.53. The molecule has 1 aliphatic rings. The Morgan fingerprint density at radius 1 is 1.45 bits per heavy atom. The Bertz CT molecular complexity index is 377. The van der Waals surface area contributed by atoms with Gasteiger partial charge in [-0.1, -0.05) is 0 Å². The number of nitrogens with one attached hydrogen (secondary N) is 1. The van der Waals surface area contributed by atoms with Crippen molar-refractivity contribution in [2.75, 3.05) is 33.5 Å². The summed E-state index contributed by atoms with van der Waals surface area (Å²) in [6, 6.07) is 0. The molecule has 4 N–H and O–H groups in total. The maximum atomic E-state index is 11.6. The van der Waals surface area contributed by atoms with Crippen molar-refractivity contribution in [3.05, 3.63) is 23.0 Å². The van der Waals surface area contributed by atoms with E-state index in [1.807, 2.05) is 6.08 Å². The monoisotopic (exact) mass is 284 g/mol. The molecule has 0 saturated heterocycles. The number of allylic oxidation sites excluding steroid dienone is 3. The molecule has 0 fully saturated rings. The molecule has 0 aliphatic heterocycles. The van der Waals surface area contributed by atoms with Crippen molar-refractivity contribution < 1.29 is 19.4 Å². The molecule has 20 heavy (non-hydrogen) atoms. The van der Waals surface area contributed by atoms with Crippen molar-refractivity contribution in [3.63, 3.8) is 0 Å². The number of esters is 1. The molecule has 6 heteroatoms. The first-order valence-electron chi connectivity index (χ1n) is 6.89. The molecule has 1 rings (SSSR count). The highest BCUT2D eigenvalue weighted by atomic mass is 16.5. The minimum absolute atomic E-state index is 0.0291. The molecule has 0 aromatic carbocycles. The van der Waals surface area contributed by atoms with Crippen LogP contribution in [0.15, 0.2) is 23.0 Å². The number of nitrogens with two attached hydrogens (primary N) is 1. The first kappa shape index (κ1) is 16.5. The molecule has 0 bridgehead atoms. The van der Waals surface area contributed by atoms with Gasteiger partial charge in [0.25, 0.3) is 0 Å². The normalized spacial score (nSPS) is 17.4. The van der Waals surface area contributed by atoms with E-state index < -0.39 is 5.97 Å². The highest BCUT2D eigenvalue weighted by Crippen LogP contribution is 2.22. The van der Waals surface area contributed by atoms with Crippen LogP contribution in [0.3, 0.4) is 0 Å². The van der Waals surface area contributed by atoms with E-state index in [2.05, 4.69) is 5.32 Å². The first-order chi connectivity index (χ1) is 9.69. The third-order valence-corrected chi connectivity index (χ3v) is 3.01. The van der Waals surface area contributed by atoms with Gasteiger partial charge in [0.1, 0.15) is 12.3 Å². The Morgan fingerprint density at radius 2 is 2.25 bits per heavy atom. The van der Waals surface area contributed by atoms with E-state index in [-0.39, 0.29) is 18.9 Å². The quantitative estimate of drug-likeness (QED) is 0.340. The lowest BCUT2D eigenvalue weighted by Gasteiger charge is -2.18. The number of carbonyl (C=O) groups is 1. The van der Waals surface area contributed by atoms with E-state index in [9.17, 15) is 4.79 Å². The van der Waals surface area contributed by atoms with Gasteiger partial charge in [-0.25, -0.2) is 4.79 Å². The van der Waals surface area contributed by atoms with Gasteiger partial charge in [-0.3, -0.25) is 0 Å². The second kappa shape index (κ2) is 9.39. The van der Waals surface area contributed by atoms with Gasteiger partial charge in [-0.2, -0.15) is 0 Å². The average molecular weight is 284 g/mol. The molecule has 0 radical (unpaired) electrons. The maximum absolute atomic E-state index is 11.6. The lowest BCUT2D eigenvalue weighted by Crippen LogP contribution is -2.22. The molecule has 0 spiro atoms. The third-order valence-electron chi connectivity index (χ3n) is 3.01. The number of hydrogen-bond acceptors (Lipinski definition) is 6. The van der Waals surface area contributed by atoms with Crippen LogP contribution < -0.4 is 11.1 Å². The van der Waals surface area contributed by atoms with Crippen LogP contribution in [0.5, 0.6) is 0 Å². The second-order valence-electron chi connectivity index (χ2n) is 4.59. The molecular weight excluding hydrogens is 260 g/mol. The van der Waals surface area contributed by atoms with Crippen molar-refractivity contribution in [3.8, 4) is 0 Å². The van der Waals surface area contributed by atoms with Crippen molar-refractivity contribution in [1.29, 1.82) is 0 Å². The molecule has 0 atom stereocenters. The second-order valence-corrected chi connectivity index (χ2v) is 4.59. The SMILES string of the molecule is COCCCNC1=C/C(=C(/N)C(=O)OCCO)CCC1. The minimum atomic E-state index is -0.564. The number of hydrogen-bond donors (Lipinski definition) is 3. The summed E-state index contributed by atoms with van der Waals surface area (Å²) in [5, 5.41) is 11.9. The average Bonchev–Trinajstić information content (AvgIpc) is 2.48. The van der Waals surface area contributed by atoms with Crippen LogP contribution in [0.1, 0.15) is 25.7 Å². The van der Waals surface area contributed by atoms with Gasteiger partial charge in [-0.05, 0) is 37.3 Å². The zero-order valence-electron chi connectivity index (χ0n) is 12.0. The Morgan fingerprint density at radius 3 is 2.95 bits per heavy atom. The molecular formula is C14H24N2O4. The Hall–Kier alpha value is -1.53. The van der Waals surface area contributed by atoms with Gasteiger partial charge in [0, 0.05) is 26.0 Å². The van der Waals surface area contributed by atoms with Gasteiger partial charge < -0.3 is 25.6 Å². The lowest BCUT2D eigenvalue weighted by molar-refractivity contribution is -0.140. The third kappa shape index (κ3) is 5.63. The number of carbonyl (C=O) groups excluding carboxylic acids is 1. The summed E-state index contributed by atoms with van der Waals surface area (Å²) < 4.78 is 9.81. The van der Waals surface area contributed by atoms with E-state index in [4.69, 9.17) is 20.3 Å². The highest BCUT2D eigenvalue weighted by Gasteiger charge is 2.15. The summed E-state index contributed by atoms with van der Waals surface area (Å²) in [5.74, 6) is -0.564. The van der Waals surface area contributed by atoms with E-state index in [1.165, 1.54) is 0 Å². The molecule has 6 nitrogen and oxygen atoms in total. The predicted molar refractivity (Wildman–Crippen MR) is 75.7 cm³/mol. The van der Waals surface area contributed by atoms with Crippen LogP contribution in [0.2, 0.25) is 0 Å². The minimum Gasteiger partial charge on any atom is -0.459 e. The molecule has 0 saturated carbocycles. The highest BCUT2D eigenvalue weighted by molar-refractivity contribution is 5.88. The summed E-state index contributed by atoms with van der Waals surface area (Å²) in [5.41, 5.74) is 7.82. The molecule has 114 valence electrons. The van der Waals surface area contributed by atoms with Gasteiger partial charge in [0.2, 0.25) is 0 Å². The topological polar surface area (TPSA) is 93.8 Å². The van der Waals surface area contributed by atoms with Crippen LogP contribution in [0.4, 0.5) is 0 Å². The van der Waals surface area contributed by atoms with E-state index in [0.29, 0.717) is 0 Å². The largest absolute Gasteiger partial charge is 0.459 e. The fourth-order valence-electron chi connectivity index (χ4n) is 1.99. The molecule has 1 aliphatic carbocycles. The Balaban J connectivity index is 2.57. The summed E-state index contributed by atoms with van der Waals surface area (Å²) >= 11 is 0. The van der Waals surface area contributed by atoms with Crippen LogP contribution in [0, 0.1) is 0 Å². The van der Waals surface area contributed by atoms with Gasteiger partial charge in [0.15, 0.2) is 0 Å². The number of methoxy groups -OCH3 is 1. The summed E-state index contributed by atoms with van der Waals surface area (Å²) in [4.78, 5) is 11.6. The number of rotatable bonds is 8. The standard InChI is InChI=1S/C14H24N2O4/c1-19-8-3-6-16-12-5-2-4-11(10-12)13(15)14(18)20-9-7-17/h10,16-17H,2-9,15H2,1H3/b13-11+. The van der Waals surface area contributed by atoms with Crippen LogP contribution >= 0.6 is 0 Å². The molecule has 0 amide bonds. The van der Waals surface area contributed by atoms with Gasteiger partial charge in [-0.15, -0.1) is 0 Å². The van der Waals surface area contributed by atoms with Crippen molar-refractivity contribution in [1.82, 2.24) is 5.32 Å². The van der Waals surface area contributed by atoms with E-state index in [0.717, 1.165) is 50.1 Å². The fraction of sp³-hybridized carbons (Fsp3) is 0.643. The van der Waals surface area contributed by atoms with Crippen molar-refractivity contribution in [2.24, 2.45) is 5.73 Å². The molecule has 0 heterocycles. The fourth-order valence-corrected chi connectivity index (χ4v) is 1.99. The number of aliphatic hydroxyl groups excluding tert-OH is 1. The first-order valence-corrected chi connectivity index (χ1v) is 6.89. The van der Waals surface area contributed by atoms with Crippen molar-refractivity contribution in [2.45, 2.75) is 25.7 Å². The van der Waals surface area contributed by atoms with E-state index in [1.54, 1.807) is 7.11 Å². The molecule has 0 unspecified atom stereocenters. The Kier molecular flexibility index (Phi) is 7.75. The smallest absolute Gasteiger partial charge is 0.354 e. The van der Waals surface area contributed by atoms with Gasteiger partial charge >= 0.3 is 5.97 Å². The maximum Gasteiger partial charge on any atom is 0.354 e. The summed E-state index contributed by atoms with van der Waals surface area (Å²) in [7, 11) is 1.68. The van der Waals surface area contributed by atoms with Gasteiger partial charge in [0.05, 0.1) is 6.61 Å². The molecule has 0 aromatic rings. The predicted octanol–water partition coefficient (Wildman–Crippen LogP) is 0.429.